The normalized spacial score (nSPS) is 24.3. The van der Waals surface area contributed by atoms with E-state index < -0.39 is 10.8 Å². The molecule has 1 aliphatic heterocycles. The summed E-state index contributed by atoms with van der Waals surface area (Å²) in [4.78, 5) is 4.58. The van der Waals surface area contributed by atoms with Crippen molar-refractivity contribution in [2.75, 3.05) is 16.8 Å². The first kappa shape index (κ1) is 12.6. The highest BCUT2D eigenvalue weighted by Crippen LogP contribution is 2.29. The highest BCUT2D eigenvalue weighted by Gasteiger charge is 2.18. The Hall–Kier alpha value is -0.460. The number of anilines is 1. The predicted molar refractivity (Wildman–Crippen MR) is 81.8 cm³/mol. The van der Waals surface area contributed by atoms with Crippen molar-refractivity contribution < 1.29 is 4.21 Å². The SMILES string of the molecule is O=S1CCC(Nc2nc3ccc(Br)cc3s2)CC1. The molecule has 1 aromatic heterocycles. The maximum atomic E-state index is 11.3. The number of nitrogens with zero attached hydrogens (tertiary/aromatic N) is 1. The Bertz CT molecular complexity index is 589. The number of benzene rings is 1. The fourth-order valence-electron chi connectivity index (χ4n) is 2.07. The molecular formula is C12H13BrN2OS2. The fourth-order valence-corrected chi connectivity index (χ4v) is 4.87. The molecule has 3 nitrogen and oxygen atoms in total. The topological polar surface area (TPSA) is 42.0 Å². The molecule has 0 bridgehead atoms. The first-order valence-electron chi connectivity index (χ1n) is 5.88. The number of rotatable bonds is 2. The quantitative estimate of drug-likeness (QED) is 0.907. The minimum atomic E-state index is -0.600. The lowest BCUT2D eigenvalue weighted by atomic mass is 10.2. The largest absolute Gasteiger partial charge is 0.359 e. The highest BCUT2D eigenvalue weighted by molar-refractivity contribution is 9.10. The van der Waals surface area contributed by atoms with Crippen LogP contribution in [0.1, 0.15) is 12.8 Å². The molecule has 0 spiro atoms. The molecule has 0 atom stereocenters. The third kappa shape index (κ3) is 2.75. The lowest BCUT2D eigenvalue weighted by Crippen LogP contribution is -2.29. The van der Waals surface area contributed by atoms with E-state index in [1.807, 2.05) is 12.1 Å². The van der Waals surface area contributed by atoms with Crippen LogP contribution in [0, 0.1) is 0 Å². The molecule has 18 heavy (non-hydrogen) atoms. The molecule has 0 aliphatic carbocycles. The van der Waals surface area contributed by atoms with E-state index in [0.29, 0.717) is 6.04 Å². The maximum absolute atomic E-state index is 11.3. The van der Waals surface area contributed by atoms with Crippen LogP contribution in [-0.2, 0) is 10.8 Å². The van der Waals surface area contributed by atoms with E-state index in [4.69, 9.17) is 0 Å². The number of thiazole rings is 1. The Labute approximate surface area is 121 Å². The molecule has 1 aliphatic rings. The Morgan fingerprint density at radius 1 is 1.39 bits per heavy atom. The van der Waals surface area contributed by atoms with Gasteiger partial charge in [-0.05, 0) is 31.0 Å². The van der Waals surface area contributed by atoms with Crippen LogP contribution in [-0.4, -0.2) is 26.7 Å². The summed E-state index contributed by atoms with van der Waals surface area (Å²) in [6, 6.07) is 6.55. The van der Waals surface area contributed by atoms with Crippen molar-refractivity contribution in [3.05, 3.63) is 22.7 Å². The molecule has 0 amide bonds. The summed E-state index contributed by atoms with van der Waals surface area (Å²) < 4.78 is 13.6. The highest BCUT2D eigenvalue weighted by atomic mass is 79.9. The van der Waals surface area contributed by atoms with Gasteiger partial charge < -0.3 is 5.32 Å². The van der Waals surface area contributed by atoms with Crippen LogP contribution >= 0.6 is 27.3 Å². The predicted octanol–water partition coefficient (Wildman–Crippen LogP) is 3.38. The molecule has 3 rings (SSSR count). The molecule has 1 aromatic carbocycles. The van der Waals surface area contributed by atoms with Crippen molar-refractivity contribution >= 4 is 53.4 Å². The number of hydrogen-bond donors (Lipinski definition) is 1. The van der Waals surface area contributed by atoms with Gasteiger partial charge in [-0.25, -0.2) is 4.98 Å². The van der Waals surface area contributed by atoms with Gasteiger partial charge in [-0.15, -0.1) is 0 Å². The second-order valence-electron chi connectivity index (χ2n) is 4.40. The zero-order valence-electron chi connectivity index (χ0n) is 9.69. The number of aromatic nitrogens is 1. The van der Waals surface area contributed by atoms with Crippen LogP contribution in [0.4, 0.5) is 5.13 Å². The second kappa shape index (κ2) is 5.27. The molecule has 1 N–H and O–H groups in total. The van der Waals surface area contributed by atoms with Crippen molar-refractivity contribution in [2.24, 2.45) is 0 Å². The number of nitrogens with one attached hydrogen (secondary N) is 1. The average molecular weight is 345 g/mol. The first-order valence-corrected chi connectivity index (χ1v) is 8.98. The van der Waals surface area contributed by atoms with Crippen LogP contribution < -0.4 is 5.32 Å². The smallest absolute Gasteiger partial charge is 0.184 e. The average Bonchev–Trinajstić information content (AvgIpc) is 2.73. The molecule has 1 fully saturated rings. The second-order valence-corrected chi connectivity index (χ2v) is 8.04. The van der Waals surface area contributed by atoms with Gasteiger partial charge >= 0.3 is 0 Å². The Balaban J connectivity index is 1.76. The lowest BCUT2D eigenvalue weighted by Gasteiger charge is -2.21. The number of hydrogen-bond acceptors (Lipinski definition) is 4. The number of fused-ring (bicyclic) bond motifs is 1. The molecule has 96 valence electrons. The van der Waals surface area contributed by atoms with Crippen LogP contribution in [0.5, 0.6) is 0 Å². The van der Waals surface area contributed by atoms with Gasteiger partial charge in [0.25, 0.3) is 0 Å². The summed E-state index contributed by atoms with van der Waals surface area (Å²) in [6.07, 6.45) is 1.96. The molecule has 1 saturated heterocycles. The summed E-state index contributed by atoms with van der Waals surface area (Å²) in [5.41, 5.74) is 1.03. The van der Waals surface area contributed by atoms with Crippen molar-refractivity contribution in [1.82, 2.24) is 4.98 Å². The van der Waals surface area contributed by atoms with Crippen LogP contribution in [0.25, 0.3) is 10.2 Å². The van der Waals surface area contributed by atoms with E-state index in [0.717, 1.165) is 39.5 Å². The van der Waals surface area contributed by atoms with E-state index in [1.54, 1.807) is 11.3 Å². The van der Waals surface area contributed by atoms with Gasteiger partial charge in [0.05, 0.1) is 10.2 Å². The number of halogens is 1. The lowest BCUT2D eigenvalue weighted by molar-refractivity contribution is 0.624. The van der Waals surface area contributed by atoms with Gasteiger partial charge in [-0.3, -0.25) is 4.21 Å². The van der Waals surface area contributed by atoms with Gasteiger partial charge in [0.2, 0.25) is 0 Å². The summed E-state index contributed by atoms with van der Waals surface area (Å²) in [5.74, 6) is 1.63. The van der Waals surface area contributed by atoms with E-state index in [9.17, 15) is 4.21 Å². The van der Waals surface area contributed by atoms with Crippen LogP contribution in [0.15, 0.2) is 22.7 Å². The van der Waals surface area contributed by atoms with Crippen molar-refractivity contribution in [1.29, 1.82) is 0 Å². The molecular weight excluding hydrogens is 332 g/mol. The van der Waals surface area contributed by atoms with Crippen LogP contribution in [0.2, 0.25) is 0 Å². The molecule has 0 saturated carbocycles. The molecule has 0 unspecified atom stereocenters. The summed E-state index contributed by atoms with van der Waals surface area (Å²) in [7, 11) is -0.600. The summed E-state index contributed by atoms with van der Waals surface area (Å²) in [5, 5.41) is 4.44. The van der Waals surface area contributed by atoms with Crippen molar-refractivity contribution in [3.63, 3.8) is 0 Å². The van der Waals surface area contributed by atoms with Crippen molar-refractivity contribution in [2.45, 2.75) is 18.9 Å². The van der Waals surface area contributed by atoms with Gasteiger partial charge in [0.15, 0.2) is 5.13 Å². The van der Waals surface area contributed by atoms with E-state index in [1.165, 1.54) is 4.70 Å². The molecule has 2 aromatic rings. The molecule has 6 heteroatoms. The first-order chi connectivity index (χ1) is 8.70. The van der Waals surface area contributed by atoms with Crippen LogP contribution in [0.3, 0.4) is 0 Å². The minimum absolute atomic E-state index is 0.423. The standard InChI is InChI=1S/C12H13BrN2OS2/c13-8-1-2-10-11(7-8)17-12(15-10)14-9-3-5-18(16)6-4-9/h1-2,7,9H,3-6H2,(H,14,15). The summed E-state index contributed by atoms with van der Waals surface area (Å²) in [6.45, 7) is 0. The fraction of sp³-hybridized carbons (Fsp3) is 0.417. The molecule has 2 heterocycles. The van der Waals surface area contributed by atoms with Gasteiger partial charge in [-0.1, -0.05) is 27.3 Å². The van der Waals surface area contributed by atoms with Gasteiger partial charge in [0.1, 0.15) is 0 Å². The third-order valence-corrected chi connectivity index (χ3v) is 5.89. The Morgan fingerprint density at radius 2 is 2.17 bits per heavy atom. The van der Waals surface area contributed by atoms with E-state index in [2.05, 4.69) is 32.3 Å². The van der Waals surface area contributed by atoms with Gasteiger partial charge in [0, 0.05) is 32.8 Å². The molecule has 0 radical (unpaired) electrons. The Morgan fingerprint density at radius 3 is 2.94 bits per heavy atom. The zero-order chi connectivity index (χ0) is 12.5. The van der Waals surface area contributed by atoms with Crippen molar-refractivity contribution in [3.8, 4) is 0 Å². The van der Waals surface area contributed by atoms with Gasteiger partial charge in [-0.2, -0.15) is 0 Å². The Kier molecular flexibility index (Phi) is 3.68. The summed E-state index contributed by atoms with van der Waals surface area (Å²) >= 11 is 5.15. The maximum Gasteiger partial charge on any atom is 0.184 e. The van der Waals surface area contributed by atoms with E-state index >= 15 is 0 Å². The monoisotopic (exact) mass is 344 g/mol. The third-order valence-electron chi connectivity index (χ3n) is 3.07. The van der Waals surface area contributed by atoms with E-state index in [-0.39, 0.29) is 0 Å². The zero-order valence-corrected chi connectivity index (χ0v) is 12.9. The minimum Gasteiger partial charge on any atom is -0.359 e.